The molecule has 0 radical (unpaired) electrons. The monoisotopic (exact) mass is 292 g/mol. The number of anilines is 1. The molecule has 0 spiro atoms. The number of rotatable bonds is 4. The zero-order chi connectivity index (χ0) is 15.4. The number of nitro groups is 1. The van der Waals surface area contributed by atoms with Crippen molar-refractivity contribution in [2.75, 3.05) is 32.4 Å². The van der Waals surface area contributed by atoms with Crippen LogP contribution in [0.25, 0.3) is 0 Å². The van der Waals surface area contributed by atoms with Crippen molar-refractivity contribution in [1.82, 2.24) is 10.2 Å². The fourth-order valence-corrected chi connectivity index (χ4v) is 2.49. The maximum atomic E-state index is 12.1. The average Bonchev–Trinajstić information content (AvgIpc) is 2.46. The Morgan fingerprint density at radius 2 is 2.14 bits per heavy atom. The molecule has 1 aliphatic heterocycles. The topological polar surface area (TPSA) is 102 Å². The summed E-state index contributed by atoms with van der Waals surface area (Å²) in [4.78, 5) is 24.8. The number of carbonyl (C=O) groups is 1. The maximum absolute atomic E-state index is 12.1. The normalized spacial score (nSPS) is 16.6. The summed E-state index contributed by atoms with van der Waals surface area (Å²) in [6.07, 6.45) is 2.05. The van der Waals surface area contributed by atoms with E-state index < -0.39 is 10.8 Å². The third kappa shape index (κ3) is 3.91. The molecule has 7 nitrogen and oxygen atoms in total. The van der Waals surface area contributed by atoms with Crippen LogP contribution in [0.4, 0.5) is 11.4 Å². The molecular weight excluding hydrogens is 272 g/mol. The molecule has 1 aromatic carbocycles. The van der Waals surface area contributed by atoms with Gasteiger partial charge in [-0.1, -0.05) is 0 Å². The SMILES string of the molecule is CN1CCC(CNC(=O)c2cc(N)ccc2[N+](=O)[O-])CC1. The lowest BCUT2D eigenvalue weighted by Crippen LogP contribution is -2.37. The highest BCUT2D eigenvalue weighted by Crippen LogP contribution is 2.21. The minimum absolute atomic E-state index is 0.0212. The van der Waals surface area contributed by atoms with E-state index in [4.69, 9.17) is 5.73 Å². The number of benzene rings is 1. The third-order valence-corrected chi connectivity index (χ3v) is 3.85. The summed E-state index contributed by atoms with van der Waals surface area (Å²) in [7, 11) is 2.07. The molecule has 114 valence electrons. The highest BCUT2D eigenvalue weighted by molar-refractivity contribution is 5.99. The van der Waals surface area contributed by atoms with Crippen molar-refractivity contribution in [3.8, 4) is 0 Å². The van der Waals surface area contributed by atoms with Crippen molar-refractivity contribution in [2.24, 2.45) is 5.92 Å². The Morgan fingerprint density at radius 1 is 1.48 bits per heavy atom. The number of nitro benzene ring substituents is 1. The molecule has 1 saturated heterocycles. The minimum Gasteiger partial charge on any atom is -0.399 e. The molecule has 1 aliphatic rings. The van der Waals surface area contributed by atoms with E-state index in [1.807, 2.05) is 0 Å². The molecule has 1 fully saturated rings. The van der Waals surface area contributed by atoms with Crippen molar-refractivity contribution in [2.45, 2.75) is 12.8 Å². The van der Waals surface area contributed by atoms with Gasteiger partial charge in [-0.05, 0) is 51.0 Å². The van der Waals surface area contributed by atoms with Crippen LogP contribution >= 0.6 is 0 Å². The van der Waals surface area contributed by atoms with Gasteiger partial charge in [0.2, 0.25) is 0 Å². The molecule has 0 aliphatic carbocycles. The van der Waals surface area contributed by atoms with Crippen LogP contribution in [0.5, 0.6) is 0 Å². The second-order valence-electron chi connectivity index (χ2n) is 5.49. The van der Waals surface area contributed by atoms with E-state index >= 15 is 0 Å². The van der Waals surface area contributed by atoms with Gasteiger partial charge in [0.05, 0.1) is 4.92 Å². The van der Waals surface area contributed by atoms with E-state index in [0.29, 0.717) is 18.2 Å². The highest BCUT2D eigenvalue weighted by Gasteiger charge is 2.22. The number of carbonyl (C=O) groups excluding carboxylic acids is 1. The summed E-state index contributed by atoms with van der Waals surface area (Å²) >= 11 is 0. The van der Waals surface area contributed by atoms with Crippen LogP contribution in [0, 0.1) is 16.0 Å². The highest BCUT2D eigenvalue weighted by atomic mass is 16.6. The number of hydrogen-bond donors (Lipinski definition) is 2. The summed E-state index contributed by atoms with van der Waals surface area (Å²) in [6, 6.07) is 4.04. The van der Waals surface area contributed by atoms with E-state index in [-0.39, 0.29) is 11.3 Å². The van der Waals surface area contributed by atoms with Gasteiger partial charge in [0.1, 0.15) is 5.56 Å². The molecule has 1 amide bonds. The van der Waals surface area contributed by atoms with Crippen LogP contribution in [-0.2, 0) is 0 Å². The summed E-state index contributed by atoms with van der Waals surface area (Å²) in [5.41, 5.74) is 5.75. The first kappa shape index (κ1) is 15.2. The van der Waals surface area contributed by atoms with Crippen LogP contribution in [0.2, 0.25) is 0 Å². The Kier molecular flexibility index (Phi) is 4.74. The standard InChI is InChI=1S/C14H20N4O3/c1-17-6-4-10(5-7-17)9-16-14(19)12-8-11(15)2-3-13(12)18(20)21/h2-3,8,10H,4-7,9,15H2,1H3,(H,16,19). The smallest absolute Gasteiger partial charge is 0.282 e. The van der Waals surface area contributed by atoms with Gasteiger partial charge in [0, 0.05) is 18.3 Å². The molecule has 1 heterocycles. The van der Waals surface area contributed by atoms with Crippen LogP contribution in [0.3, 0.4) is 0 Å². The lowest BCUT2D eigenvalue weighted by molar-refractivity contribution is -0.385. The van der Waals surface area contributed by atoms with Gasteiger partial charge >= 0.3 is 0 Å². The number of piperidine rings is 1. The first-order valence-electron chi connectivity index (χ1n) is 6.98. The van der Waals surface area contributed by atoms with Gasteiger partial charge < -0.3 is 16.0 Å². The molecule has 0 atom stereocenters. The Balaban J connectivity index is 2.00. The minimum atomic E-state index is -0.566. The Bertz CT molecular complexity index is 539. The molecule has 0 aromatic heterocycles. The fraction of sp³-hybridized carbons (Fsp3) is 0.500. The zero-order valence-electron chi connectivity index (χ0n) is 12.0. The molecule has 7 heteroatoms. The van der Waals surface area contributed by atoms with Gasteiger partial charge in [0.25, 0.3) is 11.6 Å². The number of nitrogens with one attached hydrogen (secondary N) is 1. The van der Waals surface area contributed by atoms with Gasteiger partial charge in [-0.2, -0.15) is 0 Å². The Morgan fingerprint density at radius 3 is 2.76 bits per heavy atom. The average molecular weight is 292 g/mol. The van der Waals surface area contributed by atoms with E-state index in [1.165, 1.54) is 18.2 Å². The van der Waals surface area contributed by atoms with Crippen molar-refractivity contribution >= 4 is 17.3 Å². The Labute approximate surface area is 123 Å². The summed E-state index contributed by atoms with van der Waals surface area (Å²) in [5, 5.41) is 13.7. The van der Waals surface area contributed by atoms with Gasteiger partial charge in [-0.15, -0.1) is 0 Å². The van der Waals surface area contributed by atoms with Crippen molar-refractivity contribution in [3.63, 3.8) is 0 Å². The molecular formula is C14H20N4O3. The zero-order valence-corrected chi connectivity index (χ0v) is 12.0. The predicted molar refractivity (Wildman–Crippen MR) is 80.1 cm³/mol. The number of hydrogen-bond acceptors (Lipinski definition) is 5. The predicted octanol–water partition coefficient (Wildman–Crippen LogP) is 1.25. The first-order valence-corrected chi connectivity index (χ1v) is 6.98. The molecule has 3 N–H and O–H groups in total. The Hall–Kier alpha value is -2.15. The second-order valence-corrected chi connectivity index (χ2v) is 5.49. The van der Waals surface area contributed by atoms with Crippen LogP contribution in [0.15, 0.2) is 18.2 Å². The summed E-state index contributed by atoms with van der Waals surface area (Å²) in [5.74, 6) is -0.0156. The van der Waals surface area contributed by atoms with Crippen molar-refractivity contribution in [3.05, 3.63) is 33.9 Å². The number of nitrogen functional groups attached to an aromatic ring is 1. The third-order valence-electron chi connectivity index (χ3n) is 3.85. The molecule has 1 aromatic rings. The van der Waals surface area contributed by atoms with Gasteiger partial charge in [-0.25, -0.2) is 0 Å². The molecule has 21 heavy (non-hydrogen) atoms. The summed E-state index contributed by atoms with van der Waals surface area (Å²) in [6.45, 7) is 2.57. The number of likely N-dealkylation sites (tertiary alicyclic amines) is 1. The maximum Gasteiger partial charge on any atom is 0.282 e. The van der Waals surface area contributed by atoms with Crippen LogP contribution in [0.1, 0.15) is 23.2 Å². The largest absolute Gasteiger partial charge is 0.399 e. The van der Waals surface area contributed by atoms with Crippen molar-refractivity contribution < 1.29 is 9.72 Å². The van der Waals surface area contributed by atoms with Crippen LogP contribution < -0.4 is 11.1 Å². The van der Waals surface area contributed by atoms with Gasteiger partial charge in [0.15, 0.2) is 0 Å². The lowest BCUT2D eigenvalue weighted by Gasteiger charge is -2.28. The molecule has 0 unspecified atom stereocenters. The number of amides is 1. The fourth-order valence-electron chi connectivity index (χ4n) is 2.49. The molecule has 2 rings (SSSR count). The molecule has 0 saturated carbocycles. The van der Waals surface area contributed by atoms with Crippen LogP contribution in [-0.4, -0.2) is 42.4 Å². The first-order chi connectivity index (χ1) is 9.97. The second kappa shape index (κ2) is 6.53. The van der Waals surface area contributed by atoms with Gasteiger partial charge in [-0.3, -0.25) is 14.9 Å². The van der Waals surface area contributed by atoms with E-state index in [1.54, 1.807) is 0 Å². The lowest BCUT2D eigenvalue weighted by atomic mass is 9.97. The quantitative estimate of drug-likeness (QED) is 0.494. The van der Waals surface area contributed by atoms with E-state index in [2.05, 4.69) is 17.3 Å². The number of nitrogens with two attached hydrogens (primary N) is 1. The van der Waals surface area contributed by atoms with E-state index in [9.17, 15) is 14.9 Å². The van der Waals surface area contributed by atoms with Crippen molar-refractivity contribution in [1.29, 1.82) is 0 Å². The summed E-state index contributed by atoms with van der Waals surface area (Å²) < 4.78 is 0. The van der Waals surface area contributed by atoms with E-state index in [0.717, 1.165) is 25.9 Å². The molecule has 0 bridgehead atoms. The number of nitrogens with zero attached hydrogens (tertiary/aromatic N) is 2.